The molecule has 0 saturated heterocycles. The third kappa shape index (κ3) is 9.59. The van der Waals surface area contributed by atoms with Gasteiger partial charge in [0.1, 0.15) is 30.2 Å². The molecule has 3 atom stereocenters. The summed E-state index contributed by atoms with van der Waals surface area (Å²) >= 11 is 12.2. The minimum absolute atomic E-state index is 0.00249. The van der Waals surface area contributed by atoms with Crippen LogP contribution in [-0.2, 0) is 49.9 Å². The fourth-order valence-corrected chi connectivity index (χ4v) is 7.60. The number of carbonyl (C=O) groups is 4. The van der Waals surface area contributed by atoms with Gasteiger partial charge in [0.15, 0.2) is 0 Å². The molecule has 0 fully saturated rings. The number of nitriles is 1. The highest BCUT2D eigenvalue weighted by Gasteiger charge is 2.40. The highest BCUT2D eigenvalue weighted by Crippen LogP contribution is 2.42. The van der Waals surface area contributed by atoms with Gasteiger partial charge in [0.05, 0.1) is 47.1 Å². The van der Waals surface area contributed by atoms with E-state index in [-0.39, 0.29) is 31.9 Å². The minimum Gasteiger partial charge on any atom is -0.489 e. The smallest absolute Gasteiger partial charge is 0.411 e. The number of amides is 3. The largest absolute Gasteiger partial charge is 0.489 e. The molecular weight excluding hydrogens is 819 g/mol. The van der Waals surface area contributed by atoms with E-state index < -0.39 is 42.3 Å². The predicted octanol–water partition coefficient (Wildman–Crippen LogP) is 8.38. The van der Waals surface area contributed by atoms with E-state index in [0.717, 1.165) is 27.8 Å². The van der Waals surface area contributed by atoms with Crippen molar-refractivity contribution in [2.75, 3.05) is 19.1 Å². The van der Waals surface area contributed by atoms with Gasteiger partial charge in [0.2, 0.25) is 12.0 Å². The van der Waals surface area contributed by atoms with Crippen molar-refractivity contribution < 1.29 is 38.1 Å². The number of halogens is 2. The average molecular weight is 862 g/mol. The molecule has 0 radical (unpaired) electrons. The van der Waals surface area contributed by atoms with Crippen molar-refractivity contribution in [3.63, 3.8) is 0 Å². The summed E-state index contributed by atoms with van der Waals surface area (Å²) in [6, 6.07) is 30.6. The van der Waals surface area contributed by atoms with E-state index in [1.807, 2.05) is 42.5 Å². The summed E-state index contributed by atoms with van der Waals surface area (Å²) in [7, 11) is 2.91. The van der Waals surface area contributed by atoms with Gasteiger partial charge >= 0.3 is 12.1 Å². The van der Waals surface area contributed by atoms with Gasteiger partial charge in [-0.05, 0) is 95.8 Å². The van der Waals surface area contributed by atoms with Crippen LogP contribution in [0.1, 0.15) is 53.3 Å². The van der Waals surface area contributed by atoms with Crippen molar-refractivity contribution in [1.82, 2.24) is 10.2 Å². The summed E-state index contributed by atoms with van der Waals surface area (Å²) in [6.07, 6.45) is -1.92. The Hall–Kier alpha value is -6.55. The van der Waals surface area contributed by atoms with Crippen LogP contribution in [0.3, 0.4) is 0 Å². The molecule has 2 aliphatic heterocycles. The number of hydrogen-bond donors (Lipinski definition) is 1. The van der Waals surface area contributed by atoms with Gasteiger partial charge in [0, 0.05) is 25.5 Å². The van der Waals surface area contributed by atoms with Crippen molar-refractivity contribution >= 4 is 52.8 Å². The summed E-state index contributed by atoms with van der Waals surface area (Å²) < 4.78 is 22.9. The van der Waals surface area contributed by atoms with E-state index in [1.165, 1.54) is 16.9 Å². The maximum absolute atomic E-state index is 14.2. The number of rotatable bonds is 11. The van der Waals surface area contributed by atoms with Crippen LogP contribution < -0.4 is 19.7 Å². The molecule has 3 amide bonds. The van der Waals surface area contributed by atoms with E-state index in [4.69, 9.17) is 47.4 Å². The number of esters is 1. The van der Waals surface area contributed by atoms with Gasteiger partial charge in [0.25, 0.3) is 5.91 Å². The first-order chi connectivity index (χ1) is 29.3. The van der Waals surface area contributed by atoms with Crippen molar-refractivity contribution in [3.8, 4) is 28.7 Å². The molecule has 5 aromatic rings. The molecule has 0 bridgehead atoms. The van der Waals surface area contributed by atoms with Gasteiger partial charge in [-0.2, -0.15) is 5.26 Å². The van der Waals surface area contributed by atoms with Crippen LogP contribution in [-0.4, -0.2) is 61.1 Å². The first-order valence-corrected chi connectivity index (χ1v) is 20.3. The van der Waals surface area contributed by atoms with Gasteiger partial charge in [-0.3, -0.25) is 14.5 Å². The Kier molecular flexibility index (Phi) is 12.8. The Morgan fingerprint density at radius 2 is 1.56 bits per heavy atom. The summed E-state index contributed by atoms with van der Waals surface area (Å²) in [5.41, 5.74) is 6.57. The Balaban J connectivity index is 1.08. The molecule has 2 aliphatic rings. The average Bonchev–Trinajstić information content (AvgIpc) is 3.26. The number of ether oxygens (including phenoxy) is 4. The predicted molar refractivity (Wildman–Crippen MR) is 229 cm³/mol. The normalized spacial score (nSPS) is 16.1. The molecule has 2 unspecified atom stereocenters. The molecule has 2 heterocycles. The Morgan fingerprint density at radius 1 is 0.885 bits per heavy atom. The van der Waals surface area contributed by atoms with E-state index in [0.29, 0.717) is 43.9 Å². The summed E-state index contributed by atoms with van der Waals surface area (Å²) in [5.74, 6) is -0.500. The zero-order valence-corrected chi connectivity index (χ0v) is 35.3. The molecule has 14 heteroatoms. The summed E-state index contributed by atoms with van der Waals surface area (Å²) in [5, 5.41) is 12.9. The number of nitrogens with one attached hydrogen (secondary N) is 1. The third-order valence-electron chi connectivity index (χ3n) is 10.6. The molecule has 0 spiro atoms. The van der Waals surface area contributed by atoms with Gasteiger partial charge in [-0.15, -0.1) is 0 Å². The topological polar surface area (TPSA) is 148 Å². The number of anilines is 1. The molecular formula is C47H42Cl2N4O8. The van der Waals surface area contributed by atoms with Gasteiger partial charge < -0.3 is 29.2 Å². The van der Waals surface area contributed by atoms with Crippen LogP contribution in [0.2, 0.25) is 10.0 Å². The van der Waals surface area contributed by atoms with Gasteiger partial charge in [-0.1, -0.05) is 77.8 Å². The fraction of sp³-hybridized carbons (Fsp3) is 0.255. The number of hydrogen-bond acceptors (Lipinski definition) is 9. The van der Waals surface area contributed by atoms with Crippen LogP contribution >= 0.6 is 23.2 Å². The highest BCUT2D eigenvalue weighted by atomic mass is 35.5. The number of fused-ring (bicyclic) bond motifs is 2. The Bertz CT molecular complexity index is 2510. The molecule has 0 saturated carbocycles. The van der Waals surface area contributed by atoms with Crippen LogP contribution in [0, 0.1) is 11.3 Å². The van der Waals surface area contributed by atoms with Crippen LogP contribution in [0.4, 0.5) is 10.5 Å². The number of likely N-dealkylation sites (N-methyl/N-ethyl adjacent to an activating group) is 1. The lowest BCUT2D eigenvalue weighted by molar-refractivity contribution is -0.145. The monoisotopic (exact) mass is 860 g/mol. The number of benzene rings is 5. The summed E-state index contributed by atoms with van der Waals surface area (Å²) in [6.45, 7) is 3.71. The summed E-state index contributed by atoms with van der Waals surface area (Å²) in [4.78, 5) is 57.5. The molecule has 12 nitrogen and oxygen atoms in total. The molecule has 61 heavy (non-hydrogen) atoms. The number of carbonyl (C=O) groups excluding carboxylic acids is 4. The third-order valence-corrected chi connectivity index (χ3v) is 11.3. The first-order valence-electron chi connectivity index (χ1n) is 19.5. The zero-order chi connectivity index (χ0) is 43.4. The SMILES string of the molecule is COC(=O)[C@H](Cc1ccc(-c2ccc(C#N)cc2)cc1)NC(=O)C1Cc2cc3c(cc2CN1C(=O)OC(C)C)OC(c1ccc(OCc2ccc(Cl)c(Cl)c2)cc1)C(=O)N3C. The lowest BCUT2D eigenvalue weighted by atomic mass is 9.91. The lowest BCUT2D eigenvalue weighted by Crippen LogP contribution is -2.56. The number of nitrogens with zero attached hydrogens (tertiary/aromatic N) is 3. The van der Waals surface area contributed by atoms with E-state index >= 15 is 0 Å². The Labute approximate surface area is 363 Å². The second-order valence-corrected chi connectivity index (χ2v) is 15.9. The second-order valence-electron chi connectivity index (χ2n) is 15.0. The van der Waals surface area contributed by atoms with Gasteiger partial charge in [-0.25, -0.2) is 9.59 Å². The molecule has 7 rings (SSSR count). The van der Waals surface area contributed by atoms with E-state index in [9.17, 15) is 19.2 Å². The quantitative estimate of drug-likeness (QED) is 0.129. The lowest BCUT2D eigenvalue weighted by Gasteiger charge is -2.38. The molecule has 5 aromatic carbocycles. The Morgan fingerprint density at radius 3 is 2.20 bits per heavy atom. The van der Waals surface area contributed by atoms with Crippen LogP contribution in [0.25, 0.3) is 11.1 Å². The van der Waals surface area contributed by atoms with Crippen molar-refractivity contribution in [1.29, 1.82) is 5.26 Å². The maximum Gasteiger partial charge on any atom is 0.411 e. The number of methoxy groups -OCH3 is 1. The maximum atomic E-state index is 14.2. The molecule has 312 valence electrons. The van der Waals surface area contributed by atoms with E-state index in [2.05, 4.69) is 11.4 Å². The second kappa shape index (κ2) is 18.4. The van der Waals surface area contributed by atoms with Crippen LogP contribution in [0.15, 0.2) is 103 Å². The standard InChI is InChI=1S/C47H42Cl2N4O8/c1-27(2)60-47(57)53-25-35-23-42-40(52(3)45(55)43(61-42)33-14-16-36(17-15-33)59-26-30-9-18-37(48)38(49)19-30)21-34(35)22-41(53)44(54)51-39(46(56)58-4)20-28-5-10-31(11-6-28)32-12-7-29(24-50)8-13-32/h5-19,21,23,27,39,41,43H,20,22,25-26H2,1-4H3,(H,51,54)/t39-,41?,43?/m0/s1. The van der Waals surface area contributed by atoms with E-state index in [1.54, 1.807) is 81.6 Å². The van der Waals surface area contributed by atoms with Crippen molar-refractivity contribution in [2.45, 2.75) is 64.1 Å². The van der Waals surface area contributed by atoms with Crippen LogP contribution in [0.5, 0.6) is 11.5 Å². The highest BCUT2D eigenvalue weighted by molar-refractivity contribution is 6.42. The molecule has 0 aliphatic carbocycles. The first kappa shape index (κ1) is 42.6. The van der Waals surface area contributed by atoms with Crippen molar-refractivity contribution in [3.05, 3.63) is 147 Å². The molecule has 0 aromatic heterocycles. The molecule has 1 N–H and O–H groups in total. The fourth-order valence-electron chi connectivity index (χ4n) is 7.28. The van der Waals surface area contributed by atoms with Crippen molar-refractivity contribution in [2.24, 2.45) is 0 Å². The minimum atomic E-state index is -1.07. The zero-order valence-electron chi connectivity index (χ0n) is 33.8.